The van der Waals surface area contributed by atoms with Gasteiger partial charge >= 0.3 is 0 Å². The predicted molar refractivity (Wildman–Crippen MR) is 158 cm³/mol. The number of unbranched alkanes of at least 4 members (excludes halogenated alkanes) is 1. The molecule has 0 aliphatic heterocycles. The number of aryl methyl sites for hydroxylation is 1. The number of anilines is 1. The number of hydrogen-bond donors (Lipinski definition) is 1. The molecule has 1 aliphatic carbocycles. The van der Waals surface area contributed by atoms with Gasteiger partial charge in [-0.3, -0.25) is 4.79 Å². The molecule has 0 unspecified atom stereocenters. The lowest BCUT2D eigenvalue weighted by Gasteiger charge is -2.14. The minimum atomic E-state index is -0.0905. The van der Waals surface area contributed by atoms with E-state index in [-0.39, 0.29) is 5.91 Å². The molecule has 7 heteroatoms. The van der Waals surface area contributed by atoms with Crippen molar-refractivity contribution >= 4 is 50.1 Å². The van der Waals surface area contributed by atoms with E-state index in [1.165, 1.54) is 23.3 Å². The standard InChI is InChI=1S/C30H35BrN2O3S/c1-3-5-17-36-28-24(31)18-21(19-25(28)35-4-2)20-32-30-27(29(34)33-22-13-9-8-10-14-22)23-15-11-6-7-12-16-26(23)37-30/h8-10,13-14,18-20H,3-7,11-12,15-17H2,1-2H3,(H,33,34). The summed E-state index contributed by atoms with van der Waals surface area (Å²) in [5.74, 6) is 1.32. The van der Waals surface area contributed by atoms with Crippen LogP contribution in [0.1, 0.15) is 78.7 Å². The maximum Gasteiger partial charge on any atom is 0.259 e. The van der Waals surface area contributed by atoms with Crippen molar-refractivity contribution in [2.24, 2.45) is 4.99 Å². The molecule has 0 saturated heterocycles. The SMILES string of the molecule is CCCCOc1c(Br)cc(C=Nc2sc3c(c2C(=O)Nc2ccccc2)CCCCCC3)cc1OCC. The van der Waals surface area contributed by atoms with Crippen LogP contribution in [-0.4, -0.2) is 25.3 Å². The van der Waals surface area contributed by atoms with Gasteiger partial charge in [-0.05, 0) is 90.4 Å². The van der Waals surface area contributed by atoms with Crippen LogP contribution in [0.25, 0.3) is 0 Å². The molecular weight excluding hydrogens is 548 g/mol. The molecule has 1 amide bonds. The fourth-order valence-electron chi connectivity index (χ4n) is 4.46. The molecule has 3 aromatic rings. The van der Waals surface area contributed by atoms with E-state index in [2.05, 4.69) is 28.2 Å². The Hall–Kier alpha value is -2.64. The zero-order valence-electron chi connectivity index (χ0n) is 21.6. The molecule has 0 bridgehead atoms. The monoisotopic (exact) mass is 582 g/mol. The molecule has 0 fully saturated rings. The lowest BCUT2D eigenvalue weighted by Crippen LogP contribution is -2.14. The van der Waals surface area contributed by atoms with Gasteiger partial charge in [-0.1, -0.05) is 44.4 Å². The maximum atomic E-state index is 13.5. The normalized spacial score (nSPS) is 13.6. The number of carbonyl (C=O) groups excluding carboxylic acids is 1. The number of aliphatic imine (C=N–C) groups is 1. The molecule has 2 aromatic carbocycles. The van der Waals surface area contributed by atoms with Gasteiger partial charge in [0.1, 0.15) is 5.00 Å². The number of ether oxygens (including phenoxy) is 2. The highest BCUT2D eigenvalue weighted by Gasteiger charge is 2.24. The molecule has 0 radical (unpaired) electrons. The van der Waals surface area contributed by atoms with Gasteiger partial charge in [0, 0.05) is 16.8 Å². The highest BCUT2D eigenvalue weighted by atomic mass is 79.9. The Morgan fingerprint density at radius 3 is 2.62 bits per heavy atom. The first-order chi connectivity index (χ1) is 18.1. The van der Waals surface area contributed by atoms with Crippen molar-refractivity contribution in [3.05, 3.63) is 68.5 Å². The Morgan fingerprint density at radius 1 is 1.08 bits per heavy atom. The van der Waals surface area contributed by atoms with Gasteiger partial charge < -0.3 is 14.8 Å². The van der Waals surface area contributed by atoms with Crippen molar-refractivity contribution in [3.8, 4) is 11.5 Å². The van der Waals surface area contributed by atoms with E-state index in [1.807, 2.05) is 55.6 Å². The summed E-state index contributed by atoms with van der Waals surface area (Å²) in [5, 5.41) is 3.85. The number of fused-ring (bicyclic) bond motifs is 1. The third kappa shape index (κ3) is 7.23. The Labute approximate surface area is 232 Å². The zero-order chi connectivity index (χ0) is 26.0. The molecule has 0 saturated carbocycles. The number of nitrogens with one attached hydrogen (secondary N) is 1. The van der Waals surface area contributed by atoms with Gasteiger partial charge in [0.05, 0.1) is 23.2 Å². The number of amides is 1. The van der Waals surface area contributed by atoms with Crippen molar-refractivity contribution in [1.29, 1.82) is 0 Å². The zero-order valence-corrected chi connectivity index (χ0v) is 24.1. The number of nitrogens with zero attached hydrogens (tertiary/aromatic N) is 1. The third-order valence-corrected chi connectivity index (χ3v) is 8.11. The topological polar surface area (TPSA) is 59.9 Å². The molecule has 4 rings (SSSR count). The second kappa shape index (κ2) is 13.8. The summed E-state index contributed by atoms with van der Waals surface area (Å²) < 4.78 is 12.7. The van der Waals surface area contributed by atoms with E-state index in [4.69, 9.17) is 14.5 Å². The summed E-state index contributed by atoms with van der Waals surface area (Å²) in [5.41, 5.74) is 3.55. The number of benzene rings is 2. The summed E-state index contributed by atoms with van der Waals surface area (Å²) in [6.07, 6.45) is 10.5. The molecule has 0 spiro atoms. The maximum absolute atomic E-state index is 13.5. The minimum absolute atomic E-state index is 0.0905. The molecule has 5 nitrogen and oxygen atoms in total. The Balaban J connectivity index is 1.67. The quantitative estimate of drug-likeness (QED) is 0.192. The number of halogens is 1. The van der Waals surface area contributed by atoms with Gasteiger partial charge in [0.25, 0.3) is 5.91 Å². The molecule has 0 atom stereocenters. The largest absolute Gasteiger partial charge is 0.490 e. The Bertz CT molecular complexity index is 1220. The lowest BCUT2D eigenvalue weighted by molar-refractivity contribution is 0.102. The second-order valence-corrected chi connectivity index (χ2v) is 11.1. The molecular formula is C30H35BrN2O3S. The average molecular weight is 584 g/mol. The molecule has 1 aromatic heterocycles. The van der Waals surface area contributed by atoms with Gasteiger partial charge in [0.15, 0.2) is 11.5 Å². The van der Waals surface area contributed by atoms with E-state index in [9.17, 15) is 4.79 Å². The second-order valence-electron chi connectivity index (χ2n) is 9.14. The van der Waals surface area contributed by atoms with E-state index in [1.54, 1.807) is 11.3 Å². The first-order valence-electron chi connectivity index (χ1n) is 13.2. The van der Waals surface area contributed by atoms with Crippen LogP contribution in [0.3, 0.4) is 0 Å². The van der Waals surface area contributed by atoms with E-state index >= 15 is 0 Å². The van der Waals surface area contributed by atoms with Crippen molar-refractivity contribution < 1.29 is 14.3 Å². The van der Waals surface area contributed by atoms with Gasteiger partial charge in [-0.2, -0.15) is 0 Å². The van der Waals surface area contributed by atoms with E-state index in [0.717, 1.165) is 65.0 Å². The van der Waals surface area contributed by atoms with Crippen LogP contribution < -0.4 is 14.8 Å². The van der Waals surface area contributed by atoms with Crippen molar-refractivity contribution in [2.45, 2.75) is 65.2 Å². The summed E-state index contributed by atoms with van der Waals surface area (Å²) in [7, 11) is 0. The number of hydrogen-bond acceptors (Lipinski definition) is 5. The van der Waals surface area contributed by atoms with Gasteiger partial charge in [-0.15, -0.1) is 11.3 Å². The fraction of sp³-hybridized carbons (Fsp3) is 0.400. The average Bonchev–Trinajstić information content (AvgIpc) is 3.21. The number of carbonyl (C=O) groups is 1. The highest BCUT2D eigenvalue weighted by Crippen LogP contribution is 2.40. The molecule has 37 heavy (non-hydrogen) atoms. The third-order valence-electron chi connectivity index (χ3n) is 6.32. The number of thiophene rings is 1. The van der Waals surface area contributed by atoms with Crippen LogP contribution in [0.5, 0.6) is 11.5 Å². The van der Waals surface area contributed by atoms with Crippen LogP contribution in [0, 0.1) is 0 Å². The van der Waals surface area contributed by atoms with Gasteiger partial charge in [-0.25, -0.2) is 4.99 Å². The number of para-hydroxylation sites is 1. The molecule has 196 valence electrons. The smallest absolute Gasteiger partial charge is 0.259 e. The van der Waals surface area contributed by atoms with Crippen molar-refractivity contribution in [3.63, 3.8) is 0 Å². The minimum Gasteiger partial charge on any atom is -0.490 e. The molecule has 1 heterocycles. The molecule has 1 aliphatic rings. The molecule has 1 N–H and O–H groups in total. The van der Waals surface area contributed by atoms with Crippen molar-refractivity contribution in [1.82, 2.24) is 0 Å². The van der Waals surface area contributed by atoms with Gasteiger partial charge in [0.2, 0.25) is 0 Å². The van der Waals surface area contributed by atoms with Crippen LogP contribution >= 0.6 is 27.3 Å². The van der Waals surface area contributed by atoms with Crippen LogP contribution in [0.2, 0.25) is 0 Å². The predicted octanol–water partition coefficient (Wildman–Crippen LogP) is 8.75. The summed E-state index contributed by atoms with van der Waals surface area (Å²) >= 11 is 5.31. The first-order valence-corrected chi connectivity index (χ1v) is 14.9. The lowest BCUT2D eigenvalue weighted by atomic mass is 9.96. The summed E-state index contributed by atoms with van der Waals surface area (Å²) in [6, 6.07) is 13.6. The van der Waals surface area contributed by atoms with Crippen LogP contribution in [0.4, 0.5) is 10.7 Å². The first kappa shape index (κ1) is 27.4. The van der Waals surface area contributed by atoms with Crippen LogP contribution in [-0.2, 0) is 12.8 Å². The summed E-state index contributed by atoms with van der Waals surface area (Å²) in [6.45, 7) is 5.28. The van der Waals surface area contributed by atoms with E-state index in [0.29, 0.717) is 24.5 Å². The fourth-order valence-corrected chi connectivity index (χ4v) is 6.27. The van der Waals surface area contributed by atoms with E-state index < -0.39 is 0 Å². The Kier molecular flexibility index (Phi) is 10.2. The highest BCUT2D eigenvalue weighted by molar-refractivity contribution is 9.10. The Morgan fingerprint density at radius 2 is 1.86 bits per heavy atom. The summed E-state index contributed by atoms with van der Waals surface area (Å²) in [4.78, 5) is 19.7. The number of rotatable bonds is 10. The van der Waals surface area contributed by atoms with Crippen LogP contribution in [0.15, 0.2) is 51.9 Å². The van der Waals surface area contributed by atoms with Crippen molar-refractivity contribution in [2.75, 3.05) is 18.5 Å².